The molecule has 0 spiro atoms. The molecular formula is C11H18FNO4. The summed E-state index contributed by atoms with van der Waals surface area (Å²) in [5.74, 6) is -2.37. The summed E-state index contributed by atoms with van der Waals surface area (Å²) >= 11 is 0. The summed E-state index contributed by atoms with van der Waals surface area (Å²) in [5, 5.41) is 8.82. The fourth-order valence-electron chi connectivity index (χ4n) is 1.65. The first-order valence-electron chi connectivity index (χ1n) is 5.55. The maximum Gasteiger partial charge on any atom is 0.410 e. The third kappa shape index (κ3) is 3.87. The Morgan fingerprint density at radius 1 is 1.41 bits per heavy atom. The van der Waals surface area contributed by atoms with E-state index in [2.05, 4.69) is 0 Å². The second-order valence-electron chi connectivity index (χ2n) is 5.18. The van der Waals surface area contributed by atoms with Crippen LogP contribution in [0.25, 0.3) is 0 Å². The predicted molar refractivity (Wildman–Crippen MR) is 58.4 cm³/mol. The van der Waals surface area contributed by atoms with Crippen molar-refractivity contribution in [3.8, 4) is 0 Å². The highest BCUT2D eigenvalue weighted by Gasteiger charge is 2.37. The molecule has 1 fully saturated rings. The summed E-state index contributed by atoms with van der Waals surface area (Å²) < 4.78 is 18.4. The average molecular weight is 247 g/mol. The van der Waals surface area contributed by atoms with Crippen LogP contribution in [0.1, 0.15) is 27.2 Å². The van der Waals surface area contributed by atoms with Gasteiger partial charge >= 0.3 is 12.1 Å². The summed E-state index contributed by atoms with van der Waals surface area (Å²) in [6.45, 7) is 5.23. The van der Waals surface area contributed by atoms with E-state index in [0.29, 0.717) is 0 Å². The SMILES string of the molecule is CC(C)(C)OC(=O)N1CC[C@@H](F)[C@@H](C(=O)O)C1. The average Bonchev–Trinajstić information content (AvgIpc) is 2.14. The van der Waals surface area contributed by atoms with Crippen molar-refractivity contribution in [3.05, 3.63) is 0 Å². The Morgan fingerprint density at radius 2 is 2.00 bits per heavy atom. The summed E-state index contributed by atoms with van der Waals surface area (Å²) in [6.07, 6.45) is -1.95. The van der Waals surface area contributed by atoms with E-state index < -0.39 is 29.8 Å². The number of hydrogen-bond acceptors (Lipinski definition) is 3. The minimum Gasteiger partial charge on any atom is -0.481 e. The molecule has 0 radical (unpaired) electrons. The number of alkyl halides is 1. The van der Waals surface area contributed by atoms with Crippen molar-refractivity contribution in [3.63, 3.8) is 0 Å². The predicted octanol–water partition coefficient (Wildman–Crippen LogP) is 1.67. The van der Waals surface area contributed by atoms with Crippen molar-refractivity contribution >= 4 is 12.1 Å². The van der Waals surface area contributed by atoms with Gasteiger partial charge in [-0.05, 0) is 27.2 Å². The van der Waals surface area contributed by atoms with Crippen LogP contribution in [-0.4, -0.2) is 46.9 Å². The van der Waals surface area contributed by atoms with E-state index in [4.69, 9.17) is 9.84 Å². The van der Waals surface area contributed by atoms with Gasteiger partial charge in [0.2, 0.25) is 0 Å². The van der Waals surface area contributed by atoms with Crippen LogP contribution in [0.2, 0.25) is 0 Å². The van der Waals surface area contributed by atoms with Gasteiger partial charge in [-0.3, -0.25) is 4.79 Å². The van der Waals surface area contributed by atoms with Gasteiger partial charge in [0.15, 0.2) is 0 Å². The molecule has 1 saturated heterocycles. The fraction of sp³-hybridized carbons (Fsp3) is 0.818. The standard InChI is InChI=1S/C11H18FNO4/c1-11(2,3)17-10(16)13-5-4-8(12)7(6-13)9(14)15/h7-8H,4-6H2,1-3H3,(H,14,15)/t7-,8+/m0/s1. The molecule has 0 bridgehead atoms. The van der Waals surface area contributed by atoms with Gasteiger partial charge in [-0.1, -0.05) is 0 Å². The number of rotatable bonds is 1. The highest BCUT2D eigenvalue weighted by Crippen LogP contribution is 2.22. The minimum absolute atomic E-state index is 0.0379. The molecule has 0 unspecified atom stereocenters. The number of hydrogen-bond donors (Lipinski definition) is 1. The Morgan fingerprint density at radius 3 is 2.47 bits per heavy atom. The maximum absolute atomic E-state index is 13.3. The van der Waals surface area contributed by atoms with E-state index in [0.717, 1.165) is 0 Å². The zero-order valence-electron chi connectivity index (χ0n) is 10.3. The highest BCUT2D eigenvalue weighted by molar-refractivity contribution is 5.74. The van der Waals surface area contributed by atoms with Crippen LogP contribution in [0.5, 0.6) is 0 Å². The van der Waals surface area contributed by atoms with Crippen LogP contribution >= 0.6 is 0 Å². The maximum atomic E-state index is 13.3. The van der Waals surface area contributed by atoms with E-state index in [1.54, 1.807) is 20.8 Å². The number of carboxylic acids is 1. The molecule has 0 aromatic heterocycles. The number of nitrogens with zero attached hydrogens (tertiary/aromatic N) is 1. The molecule has 0 aromatic carbocycles. The normalized spacial score (nSPS) is 25.5. The van der Waals surface area contributed by atoms with Crippen LogP contribution in [0.15, 0.2) is 0 Å². The first-order valence-corrected chi connectivity index (χ1v) is 5.55. The van der Waals surface area contributed by atoms with Crippen LogP contribution < -0.4 is 0 Å². The van der Waals surface area contributed by atoms with E-state index in [9.17, 15) is 14.0 Å². The minimum atomic E-state index is -1.40. The van der Waals surface area contributed by atoms with Crippen molar-refractivity contribution in [2.45, 2.75) is 39.0 Å². The second-order valence-corrected chi connectivity index (χ2v) is 5.18. The molecule has 5 nitrogen and oxygen atoms in total. The Hall–Kier alpha value is -1.33. The summed E-state index contributed by atoms with van der Waals surface area (Å²) in [5.41, 5.74) is -0.637. The monoisotopic (exact) mass is 247 g/mol. The molecule has 1 aliphatic heterocycles. The van der Waals surface area contributed by atoms with E-state index in [1.165, 1.54) is 4.90 Å². The largest absolute Gasteiger partial charge is 0.481 e. The lowest BCUT2D eigenvalue weighted by Gasteiger charge is -2.34. The van der Waals surface area contributed by atoms with Crippen LogP contribution in [-0.2, 0) is 9.53 Å². The number of likely N-dealkylation sites (tertiary alicyclic amines) is 1. The molecule has 0 aromatic rings. The van der Waals surface area contributed by atoms with Gasteiger partial charge < -0.3 is 14.7 Å². The smallest absolute Gasteiger partial charge is 0.410 e. The molecule has 98 valence electrons. The Kier molecular flexibility index (Phi) is 3.95. The number of carbonyl (C=O) groups is 2. The number of piperidine rings is 1. The molecule has 1 N–H and O–H groups in total. The summed E-state index contributed by atoms with van der Waals surface area (Å²) in [7, 11) is 0. The molecule has 0 aliphatic carbocycles. The number of aliphatic carboxylic acids is 1. The first-order chi connectivity index (χ1) is 7.70. The molecule has 2 atom stereocenters. The lowest BCUT2D eigenvalue weighted by Crippen LogP contribution is -2.48. The van der Waals surface area contributed by atoms with Crippen LogP contribution in [0.3, 0.4) is 0 Å². The third-order valence-corrected chi connectivity index (χ3v) is 2.50. The van der Waals surface area contributed by atoms with Crippen LogP contribution in [0.4, 0.5) is 9.18 Å². The fourth-order valence-corrected chi connectivity index (χ4v) is 1.65. The van der Waals surface area contributed by atoms with E-state index in [1.807, 2.05) is 0 Å². The molecule has 1 heterocycles. The van der Waals surface area contributed by atoms with Crippen molar-refractivity contribution in [2.75, 3.05) is 13.1 Å². The van der Waals surface area contributed by atoms with Crippen LogP contribution in [0, 0.1) is 5.92 Å². The van der Waals surface area contributed by atoms with Gasteiger partial charge in [-0.2, -0.15) is 0 Å². The lowest BCUT2D eigenvalue weighted by atomic mass is 9.96. The van der Waals surface area contributed by atoms with Crippen molar-refractivity contribution < 1.29 is 23.8 Å². The van der Waals surface area contributed by atoms with E-state index >= 15 is 0 Å². The zero-order valence-corrected chi connectivity index (χ0v) is 10.3. The first kappa shape index (κ1) is 13.7. The van der Waals surface area contributed by atoms with Crippen molar-refractivity contribution in [1.82, 2.24) is 4.90 Å². The van der Waals surface area contributed by atoms with Gasteiger partial charge in [0.25, 0.3) is 0 Å². The molecule has 0 saturated carbocycles. The lowest BCUT2D eigenvalue weighted by molar-refractivity contribution is -0.146. The van der Waals surface area contributed by atoms with Crippen molar-refractivity contribution in [1.29, 1.82) is 0 Å². The number of carbonyl (C=O) groups excluding carboxylic acids is 1. The Labute approximate surface area is 99.5 Å². The number of carboxylic acid groups (broad SMARTS) is 1. The molecule has 17 heavy (non-hydrogen) atoms. The van der Waals surface area contributed by atoms with Gasteiger partial charge in [0.05, 0.1) is 0 Å². The number of amides is 1. The molecule has 6 heteroatoms. The second kappa shape index (κ2) is 4.89. The summed E-state index contributed by atoms with van der Waals surface area (Å²) in [6, 6.07) is 0. The van der Waals surface area contributed by atoms with Gasteiger partial charge in [-0.25, -0.2) is 9.18 Å². The number of ether oxygens (including phenoxy) is 1. The Bertz CT molecular complexity index is 313. The zero-order chi connectivity index (χ0) is 13.2. The molecular weight excluding hydrogens is 229 g/mol. The third-order valence-electron chi connectivity index (χ3n) is 2.50. The topological polar surface area (TPSA) is 66.8 Å². The Balaban J connectivity index is 2.62. The van der Waals surface area contributed by atoms with Gasteiger partial charge in [0, 0.05) is 13.1 Å². The summed E-state index contributed by atoms with van der Waals surface area (Å²) in [4.78, 5) is 23.7. The highest BCUT2D eigenvalue weighted by atomic mass is 19.1. The molecule has 1 aliphatic rings. The van der Waals surface area contributed by atoms with Gasteiger partial charge in [-0.15, -0.1) is 0 Å². The van der Waals surface area contributed by atoms with E-state index in [-0.39, 0.29) is 19.5 Å². The quantitative estimate of drug-likeness (QED) is 0.765. The number of halogens is 1. The molecule has 1 rings (SSSR count). The van der Waals surface area contributed by atoms with Crippen molar-refractivity contribution in [2.24, 2.45) is 5.92 Å². The molecule has 1 amide bonds. The van der Waals surface area contributed by atoms with Gasteiger partial charge in [0.1, 0.15) is 17.7 Å².